The van der Waals surface area contributed by atoms with E-state index in [-0.39, 0.29) is 0 Å². The summed E-state index contributed by atoms with van der Waals surface area (Å²) in [4.78, 5) is 14.1. The fraction of sp³-hybridized carbons (Fsp3) is 0.192. The minimum Gasteiger partial charge on any atom is -0.454 e. The van der Waals surface area contributed by atoms with E-state index in [2.05, 4.69) is 37.9 Å². The van der Waals surface area contributed by atoms with Gasteiger partial charge in [0.25, 0.3) is 0 Å². The molecule has 0 aliphatic carbocycles. The largest absolute Gasteiger partial charge is 0.454 e. The molecule has 0 fully saturated rings. The molecule has 0 radical (unpaired) electrons. The molecule has 2 aromatic carbocycles. The van der Waals surface area contributed by atoms with Crippen LogP contribution in [0, 0.1) is 20.8 Å². The van der Waals surface area contributed by atoms with Crippen LogP contribution < -0.4 is 0 Å². The second kappa shape index (κ2) is 8.07. The lowest BCUT2D eigenvalue weighted by Crippen LogP contribution is -1.95. The van der Waals surface area contributed by atoms with Crippen LogP contribution in [0.3, 0.4) is 0 Å². The van der Waals surface area contributed by atoms with Gasteiger partial charge in [-0.05, 0) is 70.0 Å². The van der Waals surface area contributed by atoms with Crippen LogP contribution in [0.2, 0.25) is 0 Å². The molecule has 0 aliphatic rings. The fourth-order valence-electron chi connectivity index (χ4n) is 3.71. The van der Waals surface area contributed by atoms with Gasteiger partial charge in [0, 0.05) is 11.6 Å². The van der Waals surface area contributed by atoms with Crippen LogP contribution in [0.1, 0.15) is 42.1 Å². The molecule has 0 N–H and O–H groups in total. The summed E-state index contributed by atoms with van der Waals surface area (Å²) in [7, 11) is 0. The number of pyridine rings is 1. The highest BCUT2D eigenvalue weighted by Crippen LogP contribution is 2.27. The second-order valence-electron chi connectivity index (χ2n) is 7.66. The Bertz CT molecular complexity index is 1270. The molecule has 0 atom stereocenters. The number of fused-ring (bicyclic) bond motifs is 1. The van der Waals surface area contributed by atoms with Crippen LogP contribution in [0.5, 0.6) is 0 Å². The SMILES string of the molecule is CC(=Nc1c(C)cc(C)cc1C)c1ccc(C(C)=Nc2cccc3cccnc23)o1. The lowest BCUT2D eigenvalue weighted by atomic mass is 10.1. The van der Waals surface area contributed by atoms with Crippen molar-refractivity contribution in [2.75, 3.05) is 0 Å². The average molecular weight is 396 g/mol. The number of aliphatic imine (C=N–C) groups is 2. The predicted molar refractivity (Wildman–Crippen MR) is 125 cm³/mol. The van der Waals surface area contributed by atoms with Crippen molar-refractivity contribution in [1.82, 2.24) is 4.98 Å². The van der Waals surface area contributed by atoms with E-state index in [1.165, 1.54) is 16.7 Å². The van der Waals surface area contributed by atoms with Crippen molar-refractivity contribution < 1.29 is 4.42 Å². The first-order chi connectivity index (χ1) is 14.4. The van der Waals surface area contributed by atoms with Crippen molar-refractivity contribution >= 4 is 33.7 Å². The van der Waals surface area contributed by atoms with E-state index in [0.717, 1.165) is 45.2 Å². The molecule has 4 nitrogen and oxygen atoms in total. The normalized spacial score (nSPS) is 12.6. The number of furan rings is 1. The number of rotatable bonds is 4. The molecular weight excluding hydrogens is 370 g/mol. The van der Waals surface area contributed by atoms with Crippen molar-refractivity contribution in [1.29, 1.82) is 0 Å². The number of benzene rings is 2. The summed E-state index contributed by atoms with van der Waals surface area (Å²) in [5.74, 6) is 1.47. The van der Waals surface area contributed by atoms with Gasteiger partial charge in [0.2, 0.25) is 0 Å². The molecule has 0 amide bonds. The summed E-state index contributed by atoms with van der Waals surface area (Å²) in [5.41, 5.74) is 7.94. The maximum atomic E-state index is 6.09. The smallest absolute Gasteiger partial charge is 0.148 e. The highest BCUT2D eigenvalue weighted by atomic mass is 16.3. The quantitative estimate of drug-likeness (QED) is 0.348. The highest BCUT2D eigenvalue weighted by Gasteiger charge is 2.11. The fourth-order valence-corrected chi connectivity index (χ4v) is 3.71. The molecule has 30 heavy (non-hydrogen) atoms. The van der Waals surface area contributed by atoms with Gasteiger partial charge in [-0.3, -0.25) is 4.98 Å². The predicted octanol–water partition coefficient (Wildman–Crippen LogP) is 7.03. The van der Waals surface area contributed by atoms with Crippen LogP contribution in [0.15, 0.2) is 75.2 Å². The molecule has 4 rings (SSSR count). The second-order valence-corrected chi connectivity index (χ2v) is 7.66. The number of nitrogens with zero attached hydrogens (tertiary/aromatic N) is 3. The third-order valence-corrected chi connectivity index (χ3v) is 5.13. The first-order valence-corrected chi connectivity index (χ1v) is 10.0. The Hall–Kier alpha value is -3.53. The van der Waals surface area contributed by atoms with Gasteiger partial charge in [-0.25, -0.2) is 9.98 Å². The Labute approximate surface area is 177 Å². The summed E-state index contributed by atoms with van der Waals surface area (Å²) in [6.45, 7) is 10.2. The van der Waals surface area contributed by atoms with Gasteiger partial charge < -0.3 is 4.42 Å². The monoisotopic (exact) mass is 395 g/mol. The molecule has 150 valence electrons. The first kappa shape index (κ1) is 19.8. The van der Waals surface area contributed by atoms with Gasteiger partial charge in [-0.2, -0.15) is 0 Å². The molecule has 4 heteroatoms. The third-order valence-electron chi connectivity index (χ3n) is 5.13. The maximum absolute atomic E-state index is 6.09. The molecule has 4 aromatic rings. The molecule has 2 aromatic heterocycles. The average Bonchev–Trinajstić information content (AvgIpc) is 3.21. The Morgan fingerprint density at radius 1 is 0.800 bits per heavy atom. The molecule has 0 saturated carbocycles. The van der Waals surface area contributed by atoms with E-state index in [0.29, 0.717) is 0 Å². The number of hydrogen-bond donors (Lipinski definition) is 0. The van der Waals surface area contributed by atoms with Crippen LogP contribution in [-0.2, 0) is 0 Å². The van der Waals surface area contributed by atoms with Gasteiger partial charge in [-0.15, -0.1) is 0 Å². The number of para-hydroxylation sites is 1. The highest BCUT2D eigenvalue weighted by molar-refractivity contribution is 6.03. The molecule has 0 bridgehead atoms. The zero-order chi connectivity index (χ0) is 21.3. The Morgan fingerprint density at radius 3 is 2.13 bits per heavy atom. The Kier molecular flexibility index (Phi) is 5.32. The Morgan fingerprint density at radius 2 is 1.43 bits per heavy atom. The van der Waals surface area contributed by atoms with Gasteiger partial charge in [0.05, 0.1) is 28.3 Å². The summed E-state index contributed by atoms with van der Waals surface area (Å²) in [5, 5.41) is 1.07. The molecule has 0 aliphatic heterocycles. The molecule has 0 spiro atoms. The van der Waals surface area contributed by atoms with E-state index >= 15 is 0 Å². The maximum Gasteiger partial charge on any atom is 0.148 e. The molecule has 0 unspecified atom stereocenters. The van der Waals surface area contributed by atoms with E-state index in [1.807, 2.05) is 56.3 Å². The lowest BCUT2D eigenvalue weighted by Gasteiger charge is -2.07. The lowest BCUT2D eigenvalue weighted by molar-refractivity contribution is 0.548. The number of aryl methyl sites for hydroxylation is 3. The summed E-state index contributed by atoms with van der Waals surface area (Å²) < 4.78 is 6.09. The van der Waals surface area contributed by atoms with Gasteiger partial charge in [-0.1, -0.05) is 35.9 Å². The van der Waals surface area contributed by atoms with Crippen molar-refractivity contribution in [3.63, 3.8) is 0 Å². The number of hydrogen-bond acceptors (Lipinski definition) is 4. The summed E-state index contributed by atoms with van der Waals surface area (Å²) >= 11 is 0. The summed E-state index contributed by atoms with van der Waals surface area (Å²) in [6, 6.07) is 18.2. The zero-order valence-corrected chi connectivity index (χ0v) is 18.0. The molecule has 0 saturated heterocycles. The van der Waals surface area contributed by atoms with Crippen molar-refractivity contribution in [3.05, 3.63) is 89.0 Å². The van der Waals surface area contributed by atoms with E-state index < -0.39 is 0 Å². The van der Waals surface area contributed by atoms with Gasteiger partial charge >= 0.3 is 0 Å². The van der Waals surface area contributed by atoms with Crippen LogP contribution >= 0.6 is 0 Å². The topological polar surface area (TPSA) is 50.8 Å². The minimum absolute atomic E-state index is 0.727. The van der Waals surface area contributed by atoms with Crippen molar-refractivity contribution in [3.8, 4) is 0 Å². The van der Waals surface area contributed by atoms with Gasteiger partial charge in [0.15, 0.2) is 0 Å². The van der Waals surface area contributed by atoms with E-state index in [4.69, 9.17) is 14.4 Å². The Balaban J connectivity index is 1.66. The van der Waals surface area contributed by atoms with Gasteiger partial charge in [0.1, 0.15) is 11.5 Å². The van der Waals surface area contributed by atoms with Crippen LogP contribution in [0.4, 0.5) is 11.4 Å². The van der Waals surface area contributed by atoms with Crippen molar-refractivity contribution in [2.45, 2.75) is 34.6 Å². The third kappa shape index (κ3) is 3.94. The standard InChI is InChI=1S/C26H25N3O/c1-16-14-17(2)25(18(3)15-16)29-20(5)24-12-11-23(30-24)19(4)28-22-10-6-8-21-9-7-13-27-26(21)22/h6-15H,1-5H3. The van der Waals surface area contributed by atoms with E-state index in [1.54, 1.807) is 6.20 Å². The van der Waals surface area contributed by atoms with Crippen molar-refractivity contribution in [2.24, 2.45) is 9.98 Å². The molecule has 2 heterocycles. The van der Waals surface area contributed by atoms with E-state index in [9.17, 15) is 0 Å². The van der Waals surface area contributed by atoms with Crippen LogP contribution in [-0.4, -0.2) is 16.4 Å². The zero-order valence-electron chi connectivity index (χ0n) is 18.0. The molecular formula is C26H25N3O. The van der Waals surface area contributed by atoms with Crippen LogP contribution in [0.25, 0.3) is 10.9 Å². The first-order valence-electron chi connectivity index (χ1n) is 10.0. The summed E-state index contributed by atoms with van der Waals surface area (Å²) in [6.07, 6.45) is 1.79. The minimum atomic E-state index is 0.727. The number of aromatic nitrogens is 1.